The number of hydrogen-bond donors (Lipinski definition) is 1. The fourth-order valence-corrected chi connectivity index (χ4v) is 2.15. The molecule has 3 aromatic rings. The number of aromatic nitrogens is 4. The maximum Gasteiger partial charge on any atom is 0.245 e. The van der Waals surface area contributed by atoms with Crippen molar-refractivity contribution in [2.24, 2.45) is 0 Å². The lowest BCUT2D eigenvalue weighted by atomic mass is 10.1. The number of ether oxygens (including phenoxy) is 1. The Morgan fingerprint density at radius 3 is 2.71 bits per heavy atom. The van der Waals surface area contributed by atoms with Gasteiger partial charge in [0.1, 0.15) is 6.33 Å². The summed E-state index contributed by atoms with van der Waals surface area (Å²) in [5, 5.41) is 8.70. The van der Waals surface area contributed by atoms with E-state index in [0.717, 1.165) is 11.3 Å². The summed E-state index contributed by atoms with van der Waals surface area (Å²) < 4.78 is 6.88. The van der Waals surface area contributed by atoms with Crippen LogP contribution in [0.3, 0.4) is 0 Å². The lowest BCUT2D eigenvalue weighted by Crippen LogP contribution is -2.01. The number of methoxy groups -OCH3 is 1. The van der Waals surface area contributed by atoms with Crippen LogP contribution in [0.15, 0.2) is 30.6 Å². The van der Waals surface area contributed by atoms with Crippen molar-refractivity contribution in [2.45, 2.75) is 6.42 Å². The van der Waals surface area contributed by atoms with Gasteiger partial charge < -0.3 is 10.5 Å². The van der Waals surface area contributed by atoms with Gasteiger partial charge >= 0.3 is 0 Å². The van der Waals surface area contributed by atoms with Crippen molar-refractivity contribution in [3.05, 3.63) is 36.2 Å². The van der Waals surface area contributed by atoms with E-state index in [0.29, 0.717) is 29.4 Å². The highest BCUT2D eigenvalue weighted by molar-refractivity contribution is 5.81. The summed E-state index contributed by atoms with van der Waals surface area (Å²) in [5.41, 5.74) is 8.83. The zero-order valence-corrected chi connectivity index (χ0v) is 11.3. The van der Waals surface area contributed by atoms with Gasteiger partial charge in [-0.3, -0.25) is 4.57 Å². The number of imidazole rings is 1. The van der Waals surface area contributed by atoms with Gasteiger partial charge in [0, 0.05) is 0 Å². The minimum absolute atomic E-state index is 0.303. The Bertz CT molecular complexity index is 831. The first-order valence-corrected chi connectivity index (χ1v) is 6.23. The van der Waals surface area contributed by atoms with Crippen LogP contribution < -0.4 is 10.5 Å². The Labute approximate surface area is 120 Å². The molecule has 3 rings (SSSR count). The van der Waals surface area contributed by atoms with Crippen molar-refractivity contribution in [1.82, 2.24) is 19.5 Å². The number of benzene rings is 1. The second-order valence-electron chi connectivity index (χ2n) is 4.36. The predicted molar refractivity (Wildman–Crippen MR) is 76.9 cm³/mol. The number of rotatable bonds is 3. The van der Waals surface area contributed by atoms with Crippen LogP contribution in [0.4, 0.5) is 5.95 Å². The summed E-state index contributed by atoms with van der Waals surface area (Å²) in [6.45, 7) is 0. The molecule has 7 nitrogen and oxygen atoms in total. The summed E-state index contributed by atoms with van der Waals surface area (Å²) >= 11 is 0. The summed E-state index contributed by atoms with van der Waals surface area (Å²) in [6.07, 6.45) is 1.78. The van der Waals surface area contributed by atoms with Crippen molar-refractivity contribution < 1.29 is 4.74 Å². The molecule has 21 heavy (non-hydrogen) atoms. The number of hydrogen-bond acceptors (Lipinski definition) is 6. The average molecular weight is 280 g/mol. The minimum Gasteiger partial charge on any atom is -0.479 e. The molecule has 0 spiro atoms. The number of nitrogens with zero attached hydrogens (tertiary/aromatic N) is 5. The zero-order valence-electron chi connectivity index (χ0n) is 11.3. The molecular weight excluding hydrogens is 268 g/mol. The molecule has 0 aliphatic carbocycles. The molecule has 2 heterocycles. The molecule has 2 aromatic heterocycles. The Morgan fingerprint density at radius 2 is 2.05 bits per heavy atom. The molecule has 0 aliphatic heterocycles. The van der Waals surface area contributed by atoms with Crippen LogP contribution in [0, 0.1) is 11.3 Å². The van der Waals surface area contributed by atoms with Crippen LogP contribution in [0.2, 0.25) is 0 Å². The Morgan fingerprint density at radius 1 is 1.29 bits per heavy atom. The molecule has 0 saturated carbocycles. The van der Waals surface area contributed by atoms with Crippen LogP contribution in [0.5, 0.6) is 5.88 Å². The summed E-state index contributed by atoms with van der Waals surface area (Å²) in [5.74, 6) is 0.684. The van der Waals surface area contributed by atoms with Gasteiger partial charge in [-0.05, 0) is 17.7 Å². The van der Waals surface area contributed by atoms with Gasteiger partial charge in [0.25, 0.3) is 0 Å². The van der Waals surface area contributed by atoms with Gasteiger partial charge in [0.2, 0.25) is 11.8 Å². The third-order valence-electron chi connectivity index (χ3n) is 3.11. The van der Waals surface area contributed by atoms with E-state index in [1.54, 1.807) is 4.57 Å². The zero-order chi connectivity index (χ0) is 14.8. The van der Waals surface area contributed by atoms with Crippen molar-refractivity contribution in [3.8, 4) is 17.6 Å². The van der Waals surface area contributed by atoms with Crippen LogP contribution >= 0.6 is 0 Å². The number of nitrogen functional groups attached to an aromatic ring is 1. The van der Waals surface area contributed by atoms with E-state index in [9.17, 15) is 0 Å². The van der Waals surface area contributed by atoms with Gasteiger partial charge in [-0.25, -0.2) is 9.97 Å². The molecule has 104 valence electrons. The van der Waals surface area contributed by atoms with E-state index in [4.69, 9.17) is 15.7 Å². The number of nitrogens with two attached hydrogens (primary N) is 1. The maximum atomic E-state index is 8.70. The third kappa shape index (κ3) is 2.12. The highest BCUT2D eigenvalue weighted by Crippen LogP contribution is 2.26. The van der Waals surface area contributed by atoms with Gasteiger partial charge in [0.05, 0.1) is 25.3 Å². The molecule has 0 atom stereocenters. The van der Waals surface area contributed by atoms with E-state index < -0.39 is 0 Å². The van der Waals surface area contributed by atoms with E-state index in [-0.39, 0.29) is 0 Å². The van der Waals surface area contributed by atoms with Gasteiger partial charge in [-0.2, -0.15) is 10.2 Å². The Balaban J connectivity index is 2.16. The van der Waals surface area contributed by atoms with E-state index in [1.165, 1.54) is 13.4 Å². The molecule has 0 saturated heterocycles. The van der Waals surface area contributed by atoms with Crippen molar-refractivity contribution >= 4 is 17.1 Å². The summed E-state index contributed by atoms with van der Waals surface area (Å²) in [7, 11) is 1.52. The molecule has 0 amide bonds. The SMILES string of the molecule is COc1ncnc2c1nc(N)n2-c1ccc(CC#N)cc1. The van der Waals surface area contributed by atoms with Crippen LogP contribution in [-0.4, -0.2) is 26.6 Å². The highest BCUT2D eigenvalue weighted by Gasteiger charge is 2.15. The first kappa shape index (κ1) is 12.9. The molecule has 0 bridgehead atoms. The smallest absolute Gasteiger partial charge is 0.245 e. The molecule has 2 N–H and O–H groups in total. The van der Waals surface area contributed by atoms with Crippen molar-refractivity contribution in [2.75, 3.05) is 12.8 Å². The normalized spacial score (nSPS) is 10.5. The Hall–Kier alpha value is -3.14. The van der Waals surface area contributed by atoms with E-state index in [2.05, 4.69) is 21.0 Å². The van der Waals surface area contributed by atoms with Gasteiger partial charge in [-0.1, -0.05) is 12.1 Å². The average Bonchev–Trinajstić information content (AvgIpc) is 2.84. The molecule has 0 fully saturated rings. The number of fused-ring (bicyclic) bond motifs is 1. The molecule has 0 radical (unpaired) electrons. The molecule has 1 aromatic carbocycles. The van der Waals surface area contributed by atoms with E-state index in [1.807, 2.05) is 24.3 Å². The summed E-state index contributed by atoms with van der Waals surface area (Å²) in [4.78, 5) is 12.5. The number of nitriles is 1. The fraction of sp³-hybridized carbons (Fsp3) is 0.143. The lowest BCUT2D eigenvalue weighted by Gasteiger charge is -2.06. The quantitative estimate of drug-likeness (QED) is 0.779. The predicted octanol–water partition coefficient (Wildman–Crippen LogP) is 1.47. The Kier molecular flexibility index (Phi) is 3.12. The van der Waals surface area contributed by atoms with Crippen LogP contribution in [0.25, 0.3) is 16.9 Å². The lowest BCUT2D eigenvalue weighted by molar-refractivity contribution is 0.401. The van der Waals surface area contributed by atoms with Gasteiger partial charge in [0.15, 0.2) is 11.2 Å². The third-order valence-corrected chi connectivity index (χ3v) is 3.11. The standard InChI is InChI=1S/C14H12N6O/c1-21-13-11-12(17-8-18-13)20(14(16)19-11)10-4-2-9(3-5-10)6-7-15/h2-5,8H,6H2,1H3,(H2,16,19). The topological polar surface area (TPSA) is 103 Å². The second kappa shape index (κ2) is 5.09. The fourth-order valence-electron chi connectivity index (χ4n) is 2.15. The van der Waals surface area contributed by atoms with Crippen molar-refractivity contribution in [3.63, 3.8) is 0 Å². The highest BCUT2D eigenvalue weighted by atomic mass is 16.5. The molecule has 0 aliphatic rings. The van der Waals surface area contributed by atoms with Crippen LogP contribution in [0.1, 0.15) is 5.56 Å². The molecule has 7 heteroatoms. The van der Waals surface area contributed by atoms with Crippen molar-refractivity contribution in [1.29, 1.82) is 5.26 Å². The minimum atomic E-state index is 0.303. The van der Waals surface area contributed by atoms with Crippen LogP contribution in [-0.2, 0) is 6.42 Å². The number of anilines is 1. The summed E-state index contributed by atoms with van der Waals surface area (Å²) in [6, 6.07) is 9.62. The van der Waals surface area contributed by atoms with Gasteiger partial charge in [-0.15, -0.1) is 0 Å². The van der Waals surface area contributed by atoms with E-state index >= 15 is 0 Å². The first-order valence-electron chi connectivity index (χ1n) is 6.23. The second-order valence-corrected chi connectivity index (χ2v) is 4.36. The largest absolute Gasteiger partial charge is 0.479 e. The molecular formula is C14H12N6O. The molecule has 0 unspecified atom stereocenters. The monoisotopic (exact) mass is 280 g/mol. The maximum absolute atomic E-state index is 8.70. The first-order chi connectivity index (χ1) is 10.2.